The molecule has 0 aliphatic heterocycles. The van der Waals surface area contributed by atoms with Gasteiger partial charge >= 0.3 is 6.18 Å². The van der Waals surface area contributed by atoms with E-state index in [0.717, 1.165) is 17.8 Å². The highest BCUT2D eigenvalue weighted by atomic mass is 19.4. The Balaban J connectivity index is 2.99. The maximum absolute atomic E-state index is 12.2. The molecule has 0 bridgehead atoms. The number of hydrogen-bond donors (Lipinski definition) is 1. The molecule has 0 amide bonds. The van der Waals surface area contributed by atoms with Crippen LogP contribution in [0.3, 0.4) is 0 Å². The van der Waals surface area contributed by atoms with Crippen LogP contribution in [-0.4, -0.2) is 5.71 Å². The first-order valence-electron chi connectivity index (χ1n) is 4.59. The summed E-state index contributed by atoms with van der Waals surface area (Å²) in [6.07, 6.45) is -3.94. The fourth-order valence-corrected chi connectivity index (χ4v) is 1.25. The fourth-order valence-electron chi connectivity index (χ4n) is 1.25. The van der Waals surface area contributed by atoms with E-state index in [1.54, 1.807) is 6.92 Å². The van der Waals surface area contributed by atoms with Gasteiger partial charge in [-0.05, 0) is 24.1 Å². The third-order valence-corrected chi connectivity index (χ3v) is 2.06. The molecular formula is C10H10F4N2. The zero-order valence-electron chi connectivity index (χ0n) is 8.48. The van der Waals surface area contributed by atoms with Gasteiger partial charge < -0.3 is 0 Å². The Morgan fingerprint density at radius 2 is 1.81 bits per heavy atom. The van der Waals surface area contributed by atoms with Crippen LogP contribution in [0.2, 0.25) is 0 Å². The van der Waals surface area contributed by atoms with Crippen molar-refractivity contribution < 1.29 is 17.7 Å². The van der Waals surface area contributed by atoms with Crippen LogP contribution in [0, 0.1) is 0 Å². The largest absolute Gasteiger partial charge is 0.416 e. The third kappa shape index (κ3) is 2.95. The van der Waals surface area contributed by atoms with E-state index in [1.807, 2.05) is 0 Å². The number of alkyl halides is 3. The summed E-state index contributed by atoms with van der Waals surface area (Å²) >= 11 is 0. The lowest BCUT2D eigenvalue weighted by molar-refractivity contribution is -0.137. The summed E-state index contributed by atoms with van der Waals surface area (Å²) in [4.78, 5) is 0. The van der Waals surface area contributed by atoms with Crippen molar-refractivity contribution in [3.8, 4) is 0 Å². The van der Waals surface area contributed by atoms with E-state index in [1.165, 1.54) is 12.1 Å². The van der Waals surface area contributed by atoms with Gasteiger partial charge in [-0.2, -0.15) is 18.3 Å². The van der Waals surface area contributed by atoms with Gasteiger partial charge in [0.15, 0.2) is 0 Å². The molecule has 1 rings (SSSR count). The predicted molar refractivity (Wildman–Crippen MR) is 52.5 cm³/mol. The molecule has 0 atom stereocenters. The summed E-state index contributed by atoms with van der Waals surface area (Å²) in [5.41, 5.74) is 1.21. The van der Waals surface area contributed by atoms with Gasteiger partial charge in [-0.15, -0.1) is 5.65 Å². The summed E-state index contributed by atoms with van der Waals surface area (Å²) < 4.78 is 48.5. The minimum absolute atomic E-state index is 0.358. The second-order valence-corrected chi connectivity index (χ2v) is 3.07. The monoisotopic (exact) mass is 234 g/mol. The minimum atomic E-state index is -4.36. The first-order chi connectivity index (χ1) is 7.49. The summed E-state index contributed by atoms with van der Waals surface area (Å²) in [5, 5.41) is 3.32. The second-order valence-electron chi connectivity index (χ2n) is 3.07. The van der Waals surface area contributed by atoms with Crippen molar-refractivity contribution >= 4 is 5.71 Å². The van der Waals surface area contributed by atoms with Crippen LogP contribution < -0.4 is 5.65 Å². The zero-order chi connectivity index (χ0) is 12.2. The van der Waals surface area contributed by atoms with Crippen LogP contribution in [-0.2, 0) is 6.18 Å². The Morgan fingerprint density at radius 3 is 2.19 bits per heavy atom. The van der Waals surface area contributed by atoms with Crippen LogP contribution in [0.4, 0.5) is 17.7 Å². The normalized spacial score (nSPS) is 12.7. The van der Waals surface area contributed by atoms with E-state index in [4.69, 9.17) is 0 Å². The first kappa shape index (κ1) is 12.5. The highest BCUT2D eigenvalue weighted by Crippen LogP contribution is 2.29. The molecule has 0 heterocycles. The van der Waals surface area contributed by atoms with Crippen LogP contribution in [0.5, 0.6) is 0 Å². The quantitative estimate of drug-likeness (QED) is 0.369. The smallest absolute Gasteiger partial charge is 0.166 e. The summed E-state index contributed by atoms with van der Waals surface area (Å²) in [6, 6.07) is 4.42. The SMILES string of the molecule is CCC(=NNF)c1ccc(C(F)(F)F)cc1. The van der Waals surface area contributed by atoms with Gasteiger partial charge in [-0.25, -0.2) is 0 Å². The number of benzene rings is 1. The zero-order valence-corrected chi connectivity index (χ0v) is 8.48. The van der Waals surface area contributed by atoms with Crippen LogP contribution in [0.1, 0.15) is 24.5 Å². The molecule has 88 valence electrons. The van der Waals surface area contributed by atoms with Crippen molar-refractivity contribution in [2.45, 2.75) is 19.5 Å². The van der Waals surface area contributed by atoms with Gasteiger partial charge in [0, 0.05) is 0 Å². The number of nitrogens with one attached hydrogen (secondary N) is 1. The molecule has 0 unspecified atom stereocenters. The number of rotatable bonds is 3. The van der Waals surface area contributed by atoms with Crippen molar-refractivity contribution in [3.05, 3.63) is 35.4 Å². The van der Waals surface area contributed by atoms with E-state index in [0.29, 0.717) is 17.7 Å². The first-order valence-corrected chi connectivity index (χ1v) is 4.59. The van der Waals surface area contributed by atoms with E-state index in [2.05, 4.69) is 5.10 Å². The Bertz CT molecular complexity index is 367. The maximum Gasteiger partial charge on any atom is 0.416 e. The van der Waals surface area contributed by atoms with Gasteiger partial charge in [0.1, 0.15) is 0 Å². The van der Waals surface area contributed by atoms with E-state index < -0.39 is 11.7 Å². The highest BCUT2D eigenvalue weighted by molar-refractivity contribution is 6.00. The molecule has 6 heteroatoms. The van der Waals surface area contributed by atoms with Gasteiger partial charge in [0.2, 0.25) is 0 Å². The number of hydrogen-bond acceptors (Lipinski definition) is 2. The third-order valence-electron chi connectivity index (χ3n) is 2.06. The molecule has 0 aromatic heterocycles. The summed E-state index contributed by atoms with van der Waals surface area (Å²) in [5.74, 6) is 0. The Morgan fingerprint density at radius 1 is 1.25 bits per heavy atom. The average Bonchev–Trinajstić information content (AvgIpc) is 2.25. The molecule has 0 fully saturated rings. The molecule has 0 aliphatic carbocycles. The summed E-state index contributed by atoms with van der Waals surface area (Å²) in [6.45, 7) is 1.73. The van der Waals surface area contributed by atoms with Gasteiger partial charge in [0.05, 0.1) is 11.3 Å². The van der Waals surface area contributed by atoms with E-state index in [9.17, 15) is 17.7 Å². The van der Waals surface area contributed by atoms with Crippen molar-refractivity contribution in [3.63, 3.8) is 0 Å². The molecule has 0 saturated carbocycles. The lowest BCUT2D eigenvalue weighted by Crippen LogP contribution is -2.07. The maximum atomic E-state index is 12.2. The predicted octanol–water partition coefficient (Wildman–Crippen LogP) is 3.29. The Hall–Kier alpha value is -1.59. The van der Waals surface area contributed by atoms with Crippen molar-refractivity contribution in [2.75, 3.05) is 0 Å². The highest BCUT2D eigenvalue weighted by Gasteiger charge is 2.30. The molecule has 1 N–H and O–H groups in total. The standard InChI is InChI=1S/C10H10F4N2/c1-2-9(15-16-14)7-3-5-8(6-4-7)10(11,12)13/h3-6,16H,2H2,1H3. The lowest BCUT2D eigenvalue weighted by atomic mass is 10.1. The van der Waals surface area contributed by atoms with Crippen LogP contribution in [0.15, 0.2) is 29.4 Å². The molecule has 1 aromatic rings. The molecule has 2 nitrogen and oxygen atoms in total. The van der Waals surface area contributed by atoms with Crippen molar-refractivity contribution in [2.24, 2.45) is 5.10 Å². The van der Waals surface area contributed by atoms with Crippen molar-refractivity contribution in [1.29, 1.82) is 0 Å². The Labute approximate surface area is 89.9 Å². The number of halogens is 4. The molecular weight excluding hydrogens is 224 g/mol. The molecule has 1 aromatic carbocycles. The van der Waals surface area contributed by atoms with Crippen LogP contribution >= 0.6 is 0 Å². The van der Waals surface area contributed by atoms with E-state index >= 15 is 0 Å². The molecule has 16 heavy (non-hydrogen) atoms. The fraction of sp³-hybridized carbons (Fsp3) is 0.300. The van der Waals surface area contributed by atoms with E-state index in [-0.39, 0.29) is 0 Å². The molecule has 0 aliphatic rings. The molecule has 0 radical (unpaired) electrons. The number of hydrazone groups is 1. The topological polar surface area (TPSA) is 24.4 Å². The van der Waals surface area contributed by atoms with Gasteiger partial charge in [-0.3, -0.25) is 0 Å². The van der Waals surface area contributed by atoms with Gasteiger partial charge in [0.25, 0.3) is 0 Å². The Kier molecular flexibility index (Phi) is 3.87. The minimum Gasteiger partial charge on any atom is -0.166 e. The average molecular weight is 234 g/mol. The molecule has 0 saturated heterocycles. The lowest BCUT2D eigenvalue weighted by Gasteiger charge is -2.08. The summed E-state index contributed by atoms with van der Waals surface area (Å²) in [7, 11) is 0. The van der Waals surface area contributed by atoms with Crippen LogP contribution in [0.25, 0.3) is 0 Å². The number of nitrogens with zero attached hydrogens (tertiary/aromatic N) is 1. The molecule has 0 spiro atoms. The van der Waals surface area contributed by atoms with Gasteiger partial charge in [-0.1, -0.05) is 23.5 Å². The van der Waals surface area contributed by atoms with Crippen molar-refractivity contribution in [1.82, 2.24) is 5.65 Å². The second kappa shape index (κ2) is 4.96.